The largest absolute Gasteiger partial charge is 0.480 e. The predicted molar refractivity (Wildman–Crippen MR) is 167 cm³/mol. The second-order valence-corrected chi connectivity index (χ2v) is 11.3. The number of nitrogens with two attached hydrogens (primary N) is 1. The number of hydrogen-bond donors (Lipinski definition) is 8. The lowest BCUT2D eigenvalue weighted by atomic mass is 10.0. The maximum absolute atomic E-state index is 13.8. The number of hydrogen-bond acceptors (Lipinski definition) is 6. The number of fused-ring (bicyclic) bond motifs is 2. The second kappa shape index (κ2) is 14.1. The van der Waals surface area contributed by atoms with Gasteiger partial charge in [0.1, 0.15) is 18.1 Å². The summed E-state index contributed by atoms with van der Waals surface area (Å²) < 4.78 is 0. The van der Waals surface area contributed by atoms with Crippen molar-refractivity contribution >= 4 is 51.4 Å². The Morgan fingerprint density at radius 3 is 1.91 bits per heavy atom. The molecule has 45 heavy (non-hydrogen) atoms. The molecule has 0 saturated carbocycles. The van der Waals surface area contributed by atoms with Crippen LogP contribution in [-0.4, -0.2) is 75.4 Å². The normalized spacial score (nSPS) is 16.6. The molecule has 4 amide bonds. The number of benzene rings is 2. The Balaban J connectivity index is 1.34. The Morgan fingerprint density at radius 2 is 1.36 bits per heavy atom. The zero-order chi connectivity index (χ0) is 31.9. The molecule has 13 heteroatoms. The van der Waals surface area contributed by atoms with Crippen molar-refractivity contribution in [2.45, 2.75) is 62.7 Å². The monoisotopic (exact) mass is 615 g/mol. The third-order valence-electron chi connectivity index (χ3n) is 8.13. The molecule has 13 nitrogen and oxygen atoms in total. The molecule has 4 unspecified atom stereocenters. The van der Waals surface area contributed by atoms with E-state index in [0.717, 1.165) is 33.8 Å². The lowest BCUT2D eigenvalue weighted by Crippen LogP contribution is -2.57. The van der Waals surface area contributed by atoms with Crippen molar-refractivity contribution in [2.24, 2.45) is 5.73 Å². The van der Waals surface area contributed by atoms with Crippen molar-refractivity contribution in [3.8, 4) is 0 Å². The fourth-order valence-corrected chi connectivity index (χ4v) is 5.73. The van der Waals surface area contributed by atoms with E-state index in [2.05, 4.69) is 31.2 Å². The van der Waals surface area contributed by atoms with E-state index in [1.807, 2.05) is 48.5 Å². The van der Waals surface area contributed by atoms with Crippen molar-refractivity contribution in [3.63, 3.8) is 0 Å². The summed E-state index contributed by atoms with van der Waals surface area (Å²) in [4.78, 5) is 70.5. The van der Waals surface area contributed by atoms with Gasteiger partial charge in [0.25, 0.3) is 0 Å². The zero-order valence-electron chi connectivity index (χ0n) is 24.6. The fourth-order valence-electron chi connectivity index (χ4n) is 5.73. The minimum atomic E-state index is -1.32. The highest BCUT2D eigenvalue weighted by atomic mass is 16.4. The smallest absolute Gasteiger partial charge is 0.326 e. The van der Waals surface area contributed by atoms with Crippen molar-refractivity contribution in [2.75, 3.05) is 6.54 Å². The number of aromatic nitrogens is 2. The molecule has 3 heterocycles. The Bertz CT molecular complexity index is 1710. The van der Waals surface area contributed by atoms with Crippen LogP contribution in [0.3, 0.4) is 0 Å². The first-order chi connectivity index (χ1) is 21.7. The van der Waals surface area contributed by atoms with E-state index in [0.29, 0.717) is 18.5 Å². The molecule has 0 bridgehead atoms. The molecule has 4 atom stereocenters. The van der Waals surface area contributed by atoms with Crippen LogP contribution in [0.2, 0.25) is 0 Å². The van der Waals surface area contributed by atoms with Gasteiger partial charge in [-0.15, -0.1) is 0 Å². The van der Waals surface area contributed by atoms with Crippen LogP contribution in [-0.2, 0) is 36.8 Å². The molecule has 2 aromatic carbocycles. The Kier molecular flexibility index (Phi) is 9.78. The number of nitrogens with one attached hydrogen (secondary N) is 6. The average Bonchev–Trinajstić information content (AvgIpc) is 3.79. The van der Waals surface area contributed by atoms with Crippen LogP contribution in [0.1, 0.15) is 36.8 Å². The summed E-state index contributed by atoms with van der Waals surface area (Å²) in [5, 5.41) is 22.8. The molecular weight excluding hydrogens is 578 g/mol. The summed E-state index contributed by atoms with van der Waals surface area (Å²) >= 11 is 0. The molecule has 1 aliphatic heterocycles. The van der Waals surface area contributed by atoms with Crippen molar-refractivity contribution < 1.29 is 29.1 Å². The third-order valence-corrected chi connectivity index (χ3v) is 8.13. The lowest BCUT2D eigenvalue weighted by Gasteiger charge is -2.25. The molecule has 236 valence electrons. The van der Waals surface area contributed by atoms with Crippen LogP contribution in [0, 0.1) is 0 Å². The first-order valence-electron chi connectivity index (χ1n) is 14.9. The maximum atomic E-state index is 13.8. The molecule has 1 aliphatic rings. The molecule has 5 rings (SSSR count). The third kappa shape index (κ3) is 7.68. The number of amides is 4. The van der Waals surface area contributed by atoms with E-state index in [-0.39, 0.29) is 31.6 Å². The zero-order valence-corrected chi connectivity index (χ0v) is 24.6. The molecule has 0 radical (unpaired) electrons. The Labute approximate surface area is 258 Å². The van der Waals surface area contributed by atoms with Gasteiger partial charge in [-0.25, -0.2) is 4.79 Å². The van der Waals surface area contributed by atoms with Crippen LogP contribution < -0.4 is 27.0 Å². The standard InChI is InChI=1S/C32H37N7O6/c33-28(40)12-11-25(30(42)39-27(32(44)45)15-19-17-36-23-9-4-2-7-21(19)23)37-31(43)26(38-29(41)24-10-5-13-34-24)14-18-16-35-22-8-3-1-6-20(18)22/h1-4,6-9,16-17,24-27,34-36H,5,10-15H2,(H2,33,40)(H,37,43)(H,38,41)(H,39,42)(H,44,45). The molecule has 0 aliphatic carbocycles. The highest BCUT2D eigenvalue weighted by Gasteiger charge is 2.32. The van der Waals surface area contributed by atoms with Gasteiger partial charge in [0.2, 0.25) is 23.6 Å². The predicted octanol–water partition coefficient (Wildman–Crippen LogP) is 0.991. The van der Waals surface area contributed by atoms with Gasteiger partial charge < -0.3 is 42.1 Å². The number of primary amides is 1. The minimum absolute atomic E-state index is 0.0186. The fraction of sp³-hybridized carbons (Fsp3) is 0.344. The SMILES string of the molecule is NC(=O)CCC(NC(=O)C(Cc1c[nH]c2ccccc12)NC(=O)C1CCCN1)C(=O)NC(Cc1c[nH]c2ccccc12)C(=O)O. The van der Waals surface area contributed by atoms with Gasteiger partial charge in [0.15, 0.2) is 0 Å². The molecule has 4 aromatic rings. The Hall–Kier alpha value is -5.17. The van der Waals surface area contributed by atoms with E-state index in [1.54, 1.807) is 12.4 Å². The first-order valence-corrected chi connectivity index (χ1v) is 14.9. The molecule has 0 spiro atoms. The van der Waals surface area contributed by atoms with Gasteiger partial charge in [0.05, 0.1) is 6.04 Å². The van der Waals surface area contributed by atoms with Gasteiger partial charge in [0, 0.05) is 53.5 Å². The van der Waals surface area contributed by atoms with Crippen LogP contribution in [0.25, 0.3) is 21.8 Å². The molecule has 2 aromatic heterocycles. The van der Waals surface area contributed by atoms with Crippen molar-refractivity contribution in [3.05, 3.63) is 72.1 Å². The molecule has 1 saturated heterocycles. The quantitative estimate of drug-likeness (QED) is 0.103. The number of carboxylic acid groups (broad SMARTS) is 1. The Morgan fingerprint density at radius 1 is 0.800 bits per heavy atom. The number of rotatable bonds is 14. The highest BCUT2D eigenvalue weighted by molar-refractivity contribution is 5.95. The van der Waals surface area contributed by atoms with Crippen molar-refractivity contribution in [1.82, 2.24) is 31.2 Å². The van der Waals surface area contributed by atoms with Gasteiger partial charge in [-0.3, -0.25) is 19.2 Å². The van der Waals surface area contributed by atoms with Crippen LogP contribution in [0.15, 0.2) is 60.9 Å². The van der Waals surface area contributed by atoms with Gasteiger partial charge in [-0.1, -0.05) is 36.4 Å². The minimum Gasteiger partial charge on any atom is -0.480 e. The second-order valence-electron chi connectivity index (χ2n) is 11.3. The summed E-state index contributed by atoms with van der Waals surface area (Å²) in [6, 6.07) is 10.8. The molecule has 9 N–H and O–H groups in total. The summed E-state index contributed by atoms with van der Waals surface area (Å²) in [7, 11) is 0. The van der Waals surface area contributed by atoms with E-state index in [9.17, 15) is 29.1 Å². The lowest BCUT2D eigenvalue weighted by molar-refractivity contribution is -0.142. The topological polar surface area (TPSA) is 211 Å². The van der Waals surface area contributed by atoms with E-state index >= 15 is 0 Å². The van der Waals surface area contributed by atoms with Gasteiger partial charge in [-0.2, -0.15) is 0 Å². The van der Waals surface area contributed by atoms with E-state index < -0.39 is 47.9 Å². The van der Waals surface area contributed by atoms with Crippen LogP contribution in [0.5, 0.6) is 0 Å². The number of carbonyl (C=O) groups excluding carboxylic acids is 4. The van der Waals surface area contributed by atoms with Crippen LogP contribution >= 0.6 is 0 Å². The summed E-state index contributed by atoms with van der Waals surface area (Å²) in [6.07, 6.45) is 4.63. The maximum Gasteiger partial charge on any atom is 0.326 e. The van der Waals surface area contributed by atoms with Gasteiger partial charge in [-0.05, 0) is 49.1 Å². The highest BCUT2D eigenvalue weighted by Crippen LogP contribution is 2.21. The summed E-state index contributed by atoms with van der Waals surface area (Å²) in [5.74, 6) is -3.73. The average molecular weight is 616 g/mol. The van der Waals surface area contributed by atoms with Crippen LogP contribution in [0.4, 0.5) is 0 Å². The number of H-pyrrole nitrogens is 2. The first kappa shape index (κ1) is 31.3. The molecule has 1 fully saturated rings. The number of carbonyl (C=O) groups is 5. The number of aromatic amines is 2. The van der Waals surface area contributed by atoms with E-state index in [1.165, 1.54) is 0 Å². The van der Waals surface area contributed by atoms with Gasteiger partial charge >= 0.3 is 5.97 Å². The number of carboxylic acids is 1. The molecular formula is C32H37N7O6. The summed E-state index contributed by atoms with van der Waals surface area (Å²) in [5.41, 5.74) is 8.52. The summed E-state index contributed by atoms with van der Waals surface area (Å²) in [6.45, 7) is 0.691. The van der Waals surface area contributed by atoms with Crippen molar-refractivity contribution in [1.29, 1.82) is 0 Å². The number of para-hydroxylation sites is 2. The van der Waals surface area contributed by atoms with E-state index in [4.69, 9.17) is 5.73 Å². The number of aliphatic carboxylic acids is 1.